The van der Waals surface area contributed by atoms with Crippen LogP contribution in [-0.2, 0) is 41.6 Å². The topological polar surface area (TPSA) is 169 Å². The normalized spacial score (nSPS) is 12.8. The Kier molecular flexibility index (Phi) is 14.3. The highest BCUT2D eigenvalue weighted by molar-refractivity contribution is 7.98. The standard InChI is InChI=1S/C28H36FN5O6S/c1-40-28(39)22(12-13-41-2)34-27(38)23(15-18-6-4-3-5-7-18)33-25(36)17-31-24(35)16-32-26(37)21(30)14-19-8-10-20(29)11-9-19/h3-11,21-23H,12-17,30H2,1-2H3,(H,31,35)(H,32,37)(H,33,36)(H,34,38). The summed E-state index contributed by atoms with van der Waals surface area (Å²) >= 11 is 1.51. The zero-order valence-corrected chi connectivity index (χ0v) is 23.8. The first-order valence-electron chi connectivity index (χ1n) is 12.9. The first kappa shape index (κ1) is 33.2. The minimum Gasteiger partial charge on any atom is -0.467 e. The molecule has 0 fully saturated rings. The van der Waals surface area contributed by atoms with Gasteiger partial charge in [0.2, 0.25) is 23.6 Å². The largest absolute Gasteiger partial charge is 0.467 e. The second kappa shape index (κ2) is 17.7. The van der Waals surface area contributed by atoms with Crippen LogP contribution < -0.4 is 27.0 Å². The van der Waals surface area contributed by atoms with E-state index in [2.05, 4.69) is 21.3 Å². The molecule has 2 aromatic carbocycles. The van der Waals surface area contributed by atoms with Crippen molar-refractivity contribution < 1.29 is 33.1 Å². The fourth-order valence-electron chi connectivity index (χ4n) is 3.71. The van der Waals surface area contributed by atoms with Gasteiger partial charge in [-0.05, 0) is 48.1 Å². The molecule has 2 rings (SSSR count). The number of benzene rings is 2. The molecule has 222 valence electrons. The molecule has 0 saturated heterocycles. The molecular weight excluding hydrogens is 553 g/mol. The van der Waals surface area contributed by atoms with Crippen LogP contribution in [0.4, 0.5) is 4.39 Å². The van der Waals surface area contributed by atoms with E-state index < -0.39 is 66.6 Å². The number of nitrogens with one attached hydrogen (secondary N) is 4. The summed E-state index contributed by atoms with van der Waals surface area (Å²) in [5, 5.41) is 10.0. The molecule has 13 heteroatoms. The van der Waals surface area contributed by atoms with E-state index in [9.17, 15) is 28.4 Å². The highest BCUT2D eigenvalue weighted by Gasteiger charge is 2.27. The summed E-state index contributed by atoms with van der Waals surface area (Å²) in [5.74, 6) is -2.85. The second-order valence-corrected chi connectivity index (χ2v) is 10.1. The number of amides is 4. The van der Waals surface area contributed by atoms with Gasteiger partial charge in [-0.15, -0.1) is 0 Å². The molecule has 6 N–H and O–H groups in total. The van der Waals surface area contributed by atoms with Gasteiger partial charge in [0.25, 0.3) is 0 Å². The van der Waals surface area contributed by atoms with Crippen molar-refractivity contribution in [3.63, 3.8) is 0 Å². The average molecular weight is 590 g/mol. The summed E-state index contributed by atoms with van der Waals surface area (Å²) in [4.78, 5) is 62.3. The van der Waals surface area contributed by atoms with Gasteiger partial charge >= 0.3 is 5.97 Å². The van der Waals surface area contributed by atoms with E-state index in [1.807, 2.05) is 12.3 Å². The molecule has 0 aromatic heterocycles. The SMILES string of the molecule is COC(=O)C(CCSC)NC(=O)C(Cc1ccccc1)NC(=O)CNC(=O)CNC(=O)C(N)Cc1ccc(F)cc1. The van der Waals surface area contributed by atoms with E-state index in [4.69, 9.17) is 10.5 Å². The van der Waals surface area contributed by atoms with Crippen LogP contribution in [0.25, 0.3) is 0 Å². The number of ether oxygens (including phenoxy) is 1. The number of rotatable bonds is 16. The molecule has 3 atom stereocenters. The highest BCUT2D eigenvalue weighted by atomic mass is 32.2. The summed E-state index contributed by atoms with van der Waals surface area (Å²) in [7, 11) is 1.23. The smallest absolute Gasteiger partial charge is 0.328 e. The van der Waals surface area contributed by atoms with Crippen LogP contribution in [0.3, 0.4) is 0 Å². The van der Waals surface area contributed by atoms with Gasteiger partial charge in [-0.3, -0.25) is 19.2 Å². The Morgan fingerprint density at radius 3 is 2.10 bits per heavy atom. The van der Waals surface area contributed by atoms with Crippen LogP contribution in [-0.4, -0.2) is 79.9 Å². The monoisotopic (exact) mass is 589 g/mol. The lowest BCUT2D eigenvalue weighted by Crippen LogP contribution is -2.54. The van der Waals surface area contributed by atoms with Gasteiger partial charge in [0, 0.05) is 6.42 Å². The molecule has 0 spiro atoms. The van der Waals surface area contributed by atoms with Crippen LogP contribution >= 0.6 is 11.8 Å². The Hall–Kier alpha value is -3.97. The molecule has 3 unspecified atom stereocenters. The molecule has 0 saturated carbocycles. The zero-order chi connectivity index (χ0) is 30.2. The van der Waals surface area contributed by atoms with Crippen molar-refractivity contribution >= 4 is 41.4 Å². The maximum Gasteiger partial charge on any atom is 0.328 e. The van der Waals surface area contributed by atoms with E-state index in [-0.39, 0.29) is 12.8 Å². The van der Waals surface area contributed by atoms with E-state index in [0.717, 1.165) is 5.56 Å². The molecule has 41 heavy (non-hydrogen) atoms. The third-order valence-corrected chi connectivity index (χ3v) is 6.57. The quantitative estimate of drug-likeness (QED) is 0.171. The van der Waals surface area contributed by atoms with E-state index in [1.54, 1.807) is 24.3 Å². The number of nitrogens with two attached hydrogens (primary N) is 1. The van der Waals surface area contributed by atoms with Gasteiger partial charge < -0.3 is 31.7 Å². The van der Waals surface area contributed by atoms with Crippen molar-refractivity contribution in [1.82, 2.24) is 21.3 Å². The molecule has 4 amide bonds. The zero-order valence-electron chi connectivity index (χ0n) is 23.0. The fraction of sp³-hybridized carbons (Fsp3) is 0.393. The first-order valence-corrected chi connectivity index (χ1v) is 14.3. The summed E-state index contributed by atoms with van der Waals surface area (Å²) in [6, 6.07) is 11.7. The molecule has 2 aromatic rings. The number of carbonyl (C=O) groups excluding carboxylic acids is 5. The van der Waals surface area contributed by atoms with Crippen molar-refractivity contribution in [3.8, 4) is 0 Å². The van der Waals surface area contributed by atoms with Crippen molar-refractivity contribution in [2.24, 2.45) is 5.73 Å². The summed E-state index contributed by atoms with van der Waals surface area (Å²) in [6.45, 7) is -0.880. The number of esters is 1. The predicted octanol–water partition coefficient (Wildman–Crippen LogP) is 0.0663. The minimum absolute atomic E-state index is 0.144. The summed E-state index contributed by atoms with van der Waals surface area (Å²) < 4.78 is 17.8. The third kappa shape index (κ3) is 12.4. The molecule has 0 heterocycles. The van der Waals surface area contributed by atoms with Crippen LogP contribution in [0, 0.1) is 5.82 Å². The Labute approximate surface area is 242 Å². The van der Waals surface area contributed by atoms with E-state index in [1.165, 1.54) is 43.1 Å². The van der Waals surface area contributed by atoms with Crippen LogP contribution in [0.1, 0.15) is 17.5 Å². The average Bonchev–Trinajstić information content (AvgIpc) is 2.97. The van der Waals surface area contributed by atoms with Gasteiger partial charge in [0.15, 0.2) is 0 Å². The lowest BCUT2D eigenvalue weighted by Gasteiger charge is -2.22. The summed E-state index contributed by atoms with van der Waals surface area (Å²) in [6.07, 6.45) is 2.51. The number of thioether (sulfide) groups is 1. The number of hydrogen-bond donors (Lipinski definition) is 5. The van der Waals surface area contributed by atoms with E-state index in [0.29, 0.717) is 17.7 Å². The Morgan fingerprint density at radius 1 is 0.829 bits per heavy atom. The molecule has 0 aliphatic heterocycles. The molecule has 0 radical (unpaired) electrons. The Balaban J connectivity index is 1.90. The number of halogens is 1. The van der Waals surface area contributed by atoms with Gasteiger partial charge in [-0.1, -0.05) is 42.5 Å². The minimum atomic E-state index is -1.03. The molecule has 0 aliphatic rings. The van der Waals surface area contributed by atoms with Crippen LogP contribution in [0.5, 0.6) is 0 Å². The maximum atomic E-state index is 13.1. The number of methoxy groups -OCH3 is 1. The van der Waals surface area contributed by atoms with Crippen LogP contribution in [0.15, 0.2) is 54.6 Å². The number of hydrogen-bond acceptors (Lipinski definition) is 8. The number of carbonyl (C=O) groups is 5. The summed E-state index contributed by atoms with van der Waals surface area (Å²) in [5.41, 5.74) is 7.29. The maximum absolute atomic E-state index is 13.1. The van der Waals surface area contributed by atoms with Gasteiger partial charge in [0.1, 0.15) is 17.9 Å². The van der Waals surface area contributed by atoms with Gasteiger partial charge in [-0.2, -0.15) is 11.8 Å². The van der Waals surface area contributed by atoms with Crippen molar-refractivity contribution in [2.45, 2.75) is 37.4 Å². The van der Waals surface area contributed by atoms with Crippen molar-refractivity contribution in [3.05, 3.63) is 71.5 Å². The lowest BCUT2D eigenvalue weighted by molar-refractivity contribution is -0.145. The van der Waals surface area contributed by atoms with Crippen molar-refractivity contribution in [2.75, 3.05) is 32.2 Å². The second-order valence-electron chi connectivity index (χ2n) is 9.11. The molecule has 11 nitrogen and oxygen atoms in total. The Bertz CT molecular complexity index is 1170. The lowest BCUT2D eigenvalue weighted by atomic mass is 10.0. The third-order valence-electron chi connectivity index (χ3n) is 5.92. The van der Waals surface area contributed by atoms with E-state index >= 15 is 0 Å². The van der Waals surface area contributed by atoms with Gasteiger partial charge in [0.05, 0.1) is 26.2 Å². The molecule has 0 bridgehead atoms. The van der Waals surface area contributed by atoms with Gasteiger partial charge in [-0.25, -0.2) is 9.18 Å². The molecule has 0 aliphatic carbocycles. The van der Waals surface area contributed by atoms with Crippen molar-refractivity contribution in [1.29, 1.82) is 0 Å². The molecular formula is C28H36FN5O6S. The predicted molar refractivity (Wildman–Crippen MR) is 153 cm³/mol. The fourth-order valence-corrected chi connectivity index (χ4v) is 4.18. The van der Waals surface area contributed by atoms with Crippen LogP contribution in [0.2, 0.25) is 0 Å². The first-order chi connectivity index (χ1) is 19.6. The Morgan fingerprint density at radius 2 is 1.46 bits per heavy atom. The highest BCUT2D eigenvalue weighted by Crippen LogP contribution is 2.07.